The summed E-state index contributed by atoms with van der Waals surface area (Å²) in [6.45, 7) is 6.37. The summed E-state index contributed by atoms with van der Waals surface area (Å²) in [6.07, 6.45) is 0. The lowest BCUT2D eigenvalue weighted by Gasteiger charge is -2.31. The molecule has 2 aromatic rings. The van der Waals surface area contributed by atoms with Crippen molar-refractivity contribution in [3.63, 3.8) is 0 Å². The van der Waals surface area contributed by atoms with Crippen LogP contribution in [0.3, 0.4) is 0 Å². The molecule has 0 spiro atoms. The highest BCUT2D eigenvalue weighted by Gasteiger charge is 2.31. The highest BCUT2D eigenvalue weighted by Crippen LogP contribution is 2.34. The molecule has 0 radical (unpaired) electrons. The number of halogens is 2. The van der Waals surface area contributed by atoms with Crippen molar-refractivity contribution in [2.75, 3.05) is 37.6 Å². The van der Waals surface area contributed by atoms with E-state index in [1.165, 1.54) is 5.56 Å². The molecule has 0 N–H and O–H groups in total. The average molecular weight is 401 g/mol. The minimum atomic E-state index is 0.156. The number of amidine groups is 2. The third kappa shape index (κ3) is 3.83. The lowest BCUT2D eigenvalue weighted by atomic mass is 9.96. The van der Waals surface area contributed by atoms with Gasteiger partial charge in [-0.3, -0.25) is 9.98 Å². The molecule has 0 fully saturated rings. The lowest BCUT2D eigenvalue weighted by Crippen LogP contribution is -2.39. The van der Waals surface area contributed by atoms with Crippen LogP contribution in [0.2, 0.25) is 10.0 Å². The minimum Gasteiger partial charge on any atom is -0.358 e. The summed E-state index contributed by atoms with van der Waals surface area (Å²) in [5, 5.41) is 1.30. The molecule has 1 unspecified atom stereocenters. The second-order valence-corrected chi connectivity index (χ2v) is 7.67. The maximum Gasteiger partial charge on any atom is 0.113 e. The van der Waals surface area contributed by atoms with Gasteiger partial charge in [0.15, 0.2) is 0 Å². The molecule has 4 rings (SSSR count). The molecule has 4 nitrogen and oxygen atoms in total. The van der Waals surface area contributed by atoms with Gasteiger partial charge in [-0.25, -0.2) is 0 Å². The van der Waals surface area contributed by atoms with Crippen LogP contribution in [0.25, 0.3) is 0 Å². The zero-order valence-corrected chi connectivity index (χ0v) is 16.8. The Morgan fingerprint density at radius 1 is 1.00 bits per heavy atom. The highest BCUT2D eigenvalue weighted by molar-refractivity contribution is 6.37. The molecule has 2 heterocycles. The first-order valence-electron chi connectivity index (χ1n) is 9.21. The molecule has 2 aliphatic rings. The van der Waals surface area contributed by atoms with Crippen LogP contribution in [0.15, 0.2) is 58.5 Å². The van der Waals surface area contributed by atoms with Crippen LogP contribution < -0.4 is 4.90 Å². The molecule has 140 valence electrons. The van der Waals surface area contributed by atoms with E-state index in [9.17, 15) is 0 Å². The van der Waals surface area contributed by atoms with Crippen LogP contribution in [-0.4, -0.2) is 49.3 Å². The standard InChI is InChI=1S/C21H22Cl2N4/c1-15-24-9-11-26(15)14-18(16-5-3-2-4-6-16)21-25-10-12-27(21)20-8-7-17(22)13-19(20)23/h2-8,13,18H,9-12,14H2,1H3. The van der Waals surface area contributed by atoms with Gasteiger partial charge in [-0.05, 0) is 30.7 Å². The van der Waals surface area contributed by atoms with E-state index < -0.39 is 0 Å². The van der Waals surface area contributed by atoms with Crippen LogP contribution in [0.4, 0.5) is 5.69 Å². The Morgan fingerprint density at radius 2 is 1.78 bits per heavy atom. The summed E-state index contributed by atoms with van der Waals surface area (Å²) in [5.74, 6) is 2.32. The zero-order valence-electron chi connectivity index (χ0n) is 15.3. The molecule has 0 amide bonds. The largest absolute Gasteiger partial charge is 0.358 e. The van der Waals surface area contributed by atoms with Crippen molar-refractivity contribution in [1.82, 2.24) is 4.90 Å². The van der Waals surface area contributed by atoms with E-state index in [2.05, 4.69) is 46.0 Å². The molecule has 0 saturated heterocycles. The number of nitrogens with zero attached hydrogens (tertiary/aromatic N) is 4. The fraction of sp³-hybridized carbons (Fsp3) is 0.333. The second kappa shape index (κ2) is 7.91. The Morgan fingerprint density at radius 3 is 2.48 bits per heavy atom. The Kier molecular flexibility index (Phi) is 5.37. The molecule has 0 saturated carbocycles. The van der Waals surface area contributed by atoms with E-state index in [0.717, 1.165) is 50.1 Å². The van der Waals surface area contributed by atoms with Crippen molar-refractivity contribution in [2.24, 2.45) is 9.98 Å². The third-order valence-corrected chi connectivity index (χ3v) is 5.70. The SMILES string of the molecule is CC1=NCCN1CC(C1=NCCN1c1ccc(Cl)cc1Cl)c1ccccc1. The van der Waals surface area contributed by atoms with Crippen LogP contribution in [0.1, 0.15) is 18.4 Å². The van der Waals surface area contributed by atoms with Gasteiger partial charge in [0.1, 0.15) is 5.84 Å². The van der Waals surface area contributed by atoms with Crippen LogP contribution in [0, 0.1) is 0 Å². The zero-order chi connectivity index (χ0) is 18.8. The number of benzene rings is 2. The van der Waals surface area contributed by atoms with E-state index in [1.54, 1.807) is 6.07 Å². The maximum absolute atomic E-state index is 6.51. The van der Waals surface area contributed by atoms with E-state index in [4.69, 9.17) is 28.2 Å². The van der Waals surface area contributed by atoms with Gasteiger partial charge in [-0.15, -0.1) is 0 Å². The Balaban J connectivity index is 1.69. The number of hydrogen-bond donors (Lipinski definition) is 0. The summed E-state index contributed by atoms with van der Waals surface area (Å²) in [5.41, 5.74) is 2.22. The topological polar surface area (TPSA) is 31.2 Å². The highest BCUT2D eigenvalue weighted by atomic mass is 35.5. The van der Waals surface area contributed by atoms with Gasteiger partial charge in [0, 0.05) is 24.7 Å². The number of rotatable bonds is 5. The molecular formula is C21H22Cl2N4. The Labute approximate surface area is 170 Å². The molecule has 0 aromatic heterocycles. The first kappa shape index (κ1) is 18.3. The van der Waals surface area contributed by atoms with Crippen LogP contribution in [-0.2, 0) is 0 Å². The van der Waals surface area contributed by atoms with E-state index >= 15 is 0 Å². The van der Waals surface area contributed by atoms with Gasteiger partial charge in [0.25, 0.3) is 0 Å². The predicted molar refractivity (Wildman–Crippen MR) is 115 cm³/mol. The van der Waals surface area contributed by atoms with Crippen LogP contribution in [0.5, 0.6) is 0 Å². The molecule has 6 heteroatoms. The normalized spacial score (nSPS) is 17.9. The van der Waals surface area contributed by atoms with Gasteiger partial charge in [-0.1, -0.05) is 53.5 Å². The average Bonchev–Trinajstić information content (AvgIpc) is 3.29. The molecule has 0 aliphatic carbocycles. The molecule has 2 aromatic carbocycles. The molecule has 2 aliphatic heterocycles. The minimum absolute atomic E-state index is 0.156. The Bertz CT molecular complexity index is 879. The Hall–Kier alpha value is -2.04. The number of anilines is 1. The maximum atomic E-state index is 6.51. The van der Waals surface area contributed by atoms with Crippen molar-refractivity contribution in [3.05, 3.63) is 64.1 Å². The van der Waals surface area contributed by atoms with Crippen molar-refractivity contribution in [2.45, 2.75) is 12.8 Å². The number of hydrogen-bond acceptors (Lipinski definition) is 4. The summed E-state index contributed by atoms with van der Waals surface area (Å²) < 4.78 is 0. The van der Waals surface area contributed by atoms with Gasteiger partial charge in [-0.2, -0.15) is 0 Å². The lowest BCUT2D eigenvalue weighted by molar-refractivity contribution is 0.446. The fourth-order valence-electron chi connectivity index (χ4n) is 3.77. The summed E-state index contributed by atoms with van der Waals surface area (Å²) in [6, 6.07) is 16.2. The molecule has 27 heavy (non-hydrogen) atoms. The van der Waals surface area contributed by atoms with Gasteiger partial charge >= 0.3 is 0 Å². The summed E-state index contributed by atoms with van der Waals surface area (Å²) in [7, 11) is 0. The third-order valence-electron chi connectivity index (χ3n) is 5.16. The van der Waals surface area contributed by atoms with Crippen molar-refractivity contribution >= 4 is 40.6 Å². The fourth-order valence-corrected chi connectivity index (χ4v) is 4.28. The summed E-state index contributed by atoms with van der Waals surface area (Å²) in [4.78, 5) is 14.0. The summed E-state index contributed by atoms with van der Waals surface area (Å²) >= 11 is 12.6. The van der Waals surface area contributed by atoms with Gasteiger partial charge in [0.2, 0.25) is 0 Å². The van der Waals surface area contributed by atoms with Gasteiger partial charge in [0.05, 0.1) is 35.6 Å². The van der Waals surface area contributed by atoms with E-state index in [0.29, 0.717) is 10.0 Å². The smallest absolute Gasteiger partial charge is 0.113 e. The van der Waals surface area contributed by atoms with Crippen molar-refractivity contribution < 1.29 is 0 Å². The molecular weight excluding hydrogens is 379 g/mol. The van der Waals surface area contributed by atoms with Gasteiger partial charge < -0.3 is 9.80 Å². The monoisotopic (exact) mass is 400 g/mol. The van der Waals surface area contributed by atoms with Crippen LogP contribution >= 0.6 is 23.2 Å². The van der Waals surface area contributed by atoms with Crippen molar-refractivity contribution in [1.29, 1.82) is 0 Å². The molecule has 0 bridgehead atoms. The quantitative estimate of drug-likeness (QED) is 0.726. The first-order chi connectivity index (χ1) is 13.1. The van der Waals surface area contributed by atoms with E-state index in [1.807, 2.05) is 18.2 Å². The number of aliphatic imine (C=N–C) groups is 2. The first-order valence-corrected chi connectivity index (χ1v) is 9.97. The predicted octanol–water partition coefficient (Wildman–Crippen LogP) is 4.73. The van der Waals surface area contributed by atoms with Crippen molar-refractivity contribution in [3.8, 4) is 0 Å². The second-order valence-electron chi connectivity index (χ2n) is 6.83. The molecule has 1 atom stereocenters. The van der Waals surface area contributed by atoms with E-state index in [-0.39, 0.29) is 5.92 Å².